The molecule has 2 aliphatic carbocycles. The molecule has 9 heteroatoms. The Morgan fingerprint density at radius 3 is 0.978 bits per heavy atom. The molecule has 0 radical (unpaired) electrons. The first-order valence-electron chi connectivity index (χ1n) is 16.2. The van der Waals surface area contributed by atoms with E-state index in [9.17, 15) is 0 Å². The first-order chi connectivity index (χ1) is 21.7. The normalized spacial score (nSPS) is 18.8. The third-order valence-corrected chi connectivity index (χ3v) is 9.92. The van der Waals surface area contributed by atoms with Crippen molar-refractivity contribution >= 4 is 0 Å². The second-order valence-electron chi connectivity index (χ2n) is 15.4. The Balaban J connectivity index is 1.21. The molecule has 0 aromatic carbocycles. The van der Waals surface area contributed by atoms with E-state index in [-0.39, 0.29) is 21.7 Å². The monoisotopic (exact) mass is 611 g/mol. The minimum atomic E-state index is -0.0719. The predicted molar refractivity (Wildman–Crippen MR) is 179 cm³/mol. The van der Waals surface area contributed by atoms with Crippen LogP contribution in [0.4, 0.5) is 0 Å². The van der Waals surface area contributed by atoms with Crippen LogP contribution >= 0.6 is 0 Å². The van der Waals surface area contributed by atoms with Crippen molar-refractivity contribution in [3.05, 3.63) is 77.4 Å². The average molecular weight is 612 g/mol. The number of hydrogen-bond acceptors (Lipinski definition) is 9. The van der Waals surface area contributed by atoms with Crippen LogP contribution in [-0.4, -0.2) is 45.3 Å². The SMILES string of the molecule is CC1(C)CCC(C)(C)c2nc(-c3cccc(-c4cccc(-c5cccc(-c6nnc7c(n6)C(C)(C)CCC7(C)C)n5)n4)n3)nnc21. The summed E-state index contributed by atoms with van der Waals surface area (Å²) in [5.41, 5.74) is 7.99. The molecule has 0 fully saturated rings. The summed E-state index contributed by atoms with van der Waals surface area (Å²) in [5, 5.41) is 18.4. The first kappa shape index (κ1) is 30.1. The number of nitrogens with zero attached hydrogens (tertiary/aromatic N) is 9. The highest BCUT2D eigenvalue weighted by molar-refractivity contribution is 5.65. The van der Waals surface area contributed by atoms with Gasteiger partial charge in [0.2, 0.25) is 11.6 Å². The predicted octanol–water partition coefficient (Wildman–Crippen LogP) is 7.61. The van der Waals surface area contributed by atoms with Gasteiger partial charge in [-0.3, -0.25) is 0 Å². The summed E-state index contributed by atoms with van der Waals surface area (Å²) in [4.78, 5) is 24.9. The Kier molecular flexibility index (Phi) is 6.88. The fourth-order valence-corrected chi connectivity index (χ4v) is 6.57. The molecule has 0 aliphatic heterocycles. The lowest BCUT2D eigenvalue weighted by atomic mass is 9.67. The Bertz CT molecular complexity index is 1840. The molecule has 0 spiro atoms. The lowest BCUT2D eigenvalue weighted by Crippen LogP contribution is -2.36. The quantitative estimate of drug-likeness (QED) is 0.202. The van der Waals surface area contributed by atoms with Crippen LogP contribution in [0.5, 0.6) is 0 Å². The molecule has 5 aromatic heterocycles. The van der Waals surface area contributed by atoms with E-state index in [0.29, 0.717) is 23.0 Å². The molecule has 0 amide bonds. The average Bonchev–Trinajstić information content (AvgIpc) is 3.05. The van der Waals surface area contributed by atoms with E-state index in [1.165, 1.54) is 0 Å². The lowest BCUT2D eigenvalue weighted by Gasteiger charge is -2.39. The van der Waals surface area contributed by atoms with Gasteiger partial charge in [-0.15, -0.1) is 10.2 Å². The van der Waals surface area contributed by atoms with Crippen LogP contribution < -0.4 is 0 Å². The largest absolute Gasteiger partial charge is 0.245 e. The number of hydrogen-bond donors (Lipinski definition) is 0. The van der Waals surface area contributed by atoms with Crippen molar-refractivity contribution in [1.29, 1.82) is 0 Å². The molecule has 7 rings (SSSR count). The van der Waals surface area contributed by atoms with Crippen LogP contribution in [0.25, 0.3) is 45.8 Å². The van der Waals surface area contributed by atoms with E-state index in [0.717, 1.165) is 71.2 Å². The molecule has 0 bridgehead atoms. The maximum Gasteiger partial charge on any atom is 0.200 e. The van der Waals surface area contributed by atoms with E-state index < -0.39 is 0 Å². The molecular formula is C37H41N9. The Labute approximate surface area is 270 Å². The van der Waals surface area contributed by atoms with Gasteiger partial charge in [-0.25, -0.2) is 24.9 Å². The fraction of sp³-hybridized carbons (Fsp3) is 0.432. The second kappa shape index (κ2) is 10.5. The summed E-state index contributed by atoms with van der Waals surface area (Å²) in [6.07, 6.45) is 4.22. The van der Waals surface area contributed by atoms with Crippen molar-refractivity contribution in [2.75, 3.05) is 0 Å². The van der Waals surface area contributed by atoms with E-state index in [1.807, 2.05) is 54.6 Å². The van der Waals surface area contributed by atoms with Gasteiger partial charge in [-0.05, 0) is 62.1 Å². The lowest BCUT2D eigenvalue weighted by molar-refractivity contribution is 0.311. The van der Waals surface area contributed by atoms with E-state index in [4.69, 9.17) is 24.9 Å². The van der Waals surface area contributed by atoms with Crippen molar-refractivity contribution < 1.29 is 0 Å². The van der Waals surface area contributed by atoms with Crippen LogP contribution in [0.1, 0.15) is 104 Å². The summed E-state index contributed by atoms with van der Waals surface area (Å²) in [6, 6.07) is 17.6. The van der Waals surface area contributed by atoms with Crippen molar-refractivity contribution in [1.82, 2.24) is 45.3 Å². The fourth-order valence-electron chi connectivity index (χ4n) is 6.57. The van der Waals surface area contributed by atoms with Crippen LogP contribution in [-0.2, 0) is 21.7 Å². The summed E-state index contributed by atoms with van der Waals surface area (Å²) >= 11 is 0. The highest BCUT2D eigenvalue weighted by atomic mass is 15.2. The molecule has 0 N–H and O–H groups in total. The molecule has 9 nitrogen and oxygen atoms in total. The molecule has 5 aromatic rings. The van der Waals surface area contributed by atoms with Crippen molar-refractivity contribution in [2.24, 2.45) is 0 Å². The molecule has 0 saturated heterocycles. The summed E-state index contributed by atoms with van der Waals surface area (Å²) in [7, 11) is 0. The molecule has 0 saturated carbocycles. The van der Waals surface area contributed by atoms with Crippen molar-refractivity contribution in [3.8, 4) is 45.8 Å². The number of rotatable bonds is 4. The molecule has 5 heterocycles. The maximum atomic E-state index is 5.03. The minimum absolute atomic E-state index is 0.0512. The number of fused-ring (bicyclic) bond motifs is 2. The zero-order valence-electron chi connectivity index (χ0n) is 28.0. The smallest absolute Gasteiger partial charge is 0.200 e. The van der Waals surface area contributed by atoms with Gasteiger partial charge in [0, 0.05) is 21.7 Å². The number of pyridine rings is 3. The first-order valence-corrected chi connectivity index (χ1v) is 16.2. The number of aromatic nitrogens is 9. The Hall–Kier alpha value is -4.53. The van der Waals surface area contributed by atoms with Crippen LogP contribution in [0, 0.1) is 0 Å². The molecule has 0 atom stereocenters. The van der Waals surface area contributed by atoms with Gasteiger partial charge in [0.25, 0.3) is 0 Å². The van der Waals surface area contributed by atoms with Crippen LogP contribution in [0.15, 0.2) is 54.6 Å². The van der Waals surface area contributed by atoms with Crippen molar-refractivity contribution in [3.63, 3.8) is 0 Å². The zero-order chi connectivity index (χ0) is 32.5. The minimum Gasteiger partial charge on any atom is -0.245 e. The van der Waals surface area contributed by atoms with Gasteiger partial charge in [0.05, 0.1) is 45.6 Å². The molecule has 46 heavy (non-hydrogen) atoms. The standard InChI is InChI=1S/C37H41N9/c1-34(2)18-20-36(5,6)30-28(34)41-32(45-43-30)26-16-10-14-24(39-26)22-12-9-13-23(38-22)25-15-11-17-27(40-25)33-42-29-31(44-46-33)37(7,8)21-19-35(29,3)4/h9-17H,18-21H2,1-8H3. The van der Waals surface area contributed by atoms with Crippen LogP contribution in [0.3, 0.4) is 0 Å². The van der Waals surface area contributed by atoms with Gasteiger partial charge < -0.3 is 0 Å². The summed E-state index contributed by atoms with van der Waals surface area (Å²) in [6.45, 7) is 17.8. The van der Waals surface area contributed by atoms with Crippen molar-refractivity contribution in [2.45, 2.75) is 103 Å². The van der Waals surface area contributed by atoms with E-state index in [2.05, 4.69) is 75.8 Å². The third-order valence-electron chi connectivity index (χ3n) is 9.92. The molecule has 2 aliphatic rings. The molecule has 0 unspecified atom stereocenters. The van der Waals surface area contributed by atoms with Gasteiger partial charge in [-0.1, -0.05) is 73.6 Å². The van der Waals surface area contributed by atoms with Gasteiger partial charge >= 0.3 is 0 Å². The molecular weight excluding hydrogens is 570 g/mol. The van der Waals surface area contributed by atoms with Crippen LogP contribution in [0.2, 0.25) is 0 Å². The Morgan fingerprint density at radius 1 is 0.348 bits per heavy atom. The summed E-state index contributed by atoms with van der Waals surface area (Å²) < 4.78 is 0. The molecule has 234 valence electrons. The van der Waals surface area contributed by atoms with Gasteiger partial charge in [-0.2, -0.15) is 10.2 Å². The highest BCUT2D eigenvalue weighted by Crippen LogP contribution is 2.45. The van der Waals surface area contributed by atoms with E-state index >= 15 is 0 Å². The highest BCUT2D eigenvalue weighted by Gasteiger charge is 2.41. The van der Waals surface area contributed by atoms with E-state index in [1.54, 1.807) is 0 Å². The van der Waals surface area contributed by atoms with Gasteiger partial charge in [0.15, 0.2) is 0 Å². The zero-order valence-corrected chi connectivity index (χ0v) is 28.0. The topological polar surface area (TPSA) is 116 Å². The maximum absolute atomic E-state index is 5.03. The Morgan fingerprint density at radius 2 is 0.630 bits per heavy atom. The summed E-state index contributed by atoms with van der Waals surface area (Å²) in [5.74, 6) is 1.06. The second-order valence-corrected chi connectivity index (χ2v) is 15.4. The third kappa shape index (κ3) is 5.25. The van der Waals surface area contributed by atoms with Gasteiger partial charge in [0.1, 0.15) is 11.4 Å².